The van der Waals surface area contributed by atoms with E-state index in [0.29, 0.717) is 11.6 Å². The smallest absolute Gasteiger partial charge is 0.0356 e. The Morgan fingerprint density at radius 2 is 1.85 bits per heavy atom. The molecule has 13 heavy (non-hydrogen) atoms. The van der Waals surface area contributed by atoms with Gasteiger partial charge in [-0.2, -0.15) is 0 Å². The second-order valence-electron chi connectivity index (χ2n) is 4.45. The maximum atomic E-state index is 3.47. The average molecular weight is 184 g/mol. The lowest BCUT2D eigenvalue weighted by Crippen LogP contribution is -2.56. The van der Waals surface area contributed by atoms with Crippen molar-refractivity contribution in [3.63, 3.8) is 0 Å². The molecule has 2 nitrogen and oxygen atoms in total. The van der Waals surface area contributed by atoms with Gasteiger partial charge in [-0.15, -0.1) is 0 Å². The van der Waals surface area contributed by atoms with Crippen molar-refractivity contribution in [2.75, 3.05) is 21.1 Å². The van der Waals surface area contributed by atoms with Crippen molar-refractivity contribution in [2.24, 2.45) is 0 Å². The standard InChI is InChI=1S/C11H24N2/c1-5-10(12-2)11(13(3)4)8-6-7-9-11/h10,12H,5-9H2,1-4H3. The van der Waals surface area contributed by atoms with Gasteiger partial charge in [-0.05, 0) is 40.4 Å². The van der Waals surface area contributed by atoms with Crippen molar-refractivity contribution >= 4 is 0 Å². The molecule has 0 aromatic rings. The Hall–Kier alpha value is -0.0800. The van der Waals surface area contributed by atoms with E-state index in [1.54, 1.807) is 0 Å². The largest absolute Gasteiger partial charge is 0.315 e. The van der Waals surface area contributed by atoms with E-state index in [1.165, 1.54) is 32.1 Å². The van der Waals surface area contributed by atoms with Crippen LogP contribution < -0.4 is 5.32 Å². The molecular weight excluding hydrogens is 160 g/mol. The van der Waals surface area contributed by atoms with Gasteiger partial charge >= 0.3 is 0 Å². The number of likely N-dealkylation sites (N-methyl/N-ethyl adjacent to an activating group) is 2. The van der Waals surface area contributed by atoms with Gasteiger partial charge in [0.05, 0.1) is 0 Å². The summed E-state index contributed by atoms with van der Waals surface area (Å²) in [6, 6.07) is 0.657. The molecular formula is C11H24N2. The van der Waals surface area contributed by atoms with Gasteiger partial charge in [-0.1, -0.05) is 19.8 Å². The summed E-state index contributed by atoms with van der Waals surface area (Å²) in [7, 11) is 6.55. The highest BCUT2D eigenvalue weighted by Gasteiger charge is 2.41. The highest BCUT2D eigenvalue weighted by Crippen LogP contribution is 2.37. The van der Waals surface area contributed by atoms with E-state index in [-0.39, 0.29) is 0 Å². The van der Waals surface area contributed by atoms with Gasteiger partial charge in [-0.25, -0.2) is 0 Å². The van der Waals surface area contributed by atoms with Gasteiger partial charge < -0.3 is 10.2 Å². The first kappa shape index (κ1) is 11.0. The molecule has 1 rings (SSSR count). The van der Waals surface area contributed by atoms with Crippen molar-refractivity contribution in [1.29, 1.82) is 0 Å². The van der Waals surface area contributed by atoms with E-state index in [2.05, 4.69) is 38.3 Å². The Morgan fingerprint density at radius 1 is 1.31 bits per heavy atom. The van der Waals surface area contributed by atoms with Crippen molar-refractivity contribution in [3.05, 3.63) is 0 Å². The molecule has 0 heterocycles. The quantitative estimate of drug-likeness (QED) is 0.717. The maximum Gasteiger partial charge on any atom is 0.0356 e. The molecule has 1 aliphatic carbocycles. The minimum atomic E-state index is 0.434. The topological polar surface area (TPSA) is 15.3 Å². The summed E-state index contributed by atoms with van der Waals surface area (Å²) in [5, 5.41) is 3.47. The lowest BCUT2D eigenvalue weighted by molar-refractivity contribution is 0.106. The molecule has 0 spiro atoms. The van der Waals surface area contributed by atoms with E-state index in [0.717, 1.165) is 0 Å². The van der Waals surface area contributed by atoms with Crippen LogP contribution in [0.5, 0.6) is 0 Å². The summed E-state index contributed by atoms with van der Waals surface area (Å²) in [6.45, 7) is 2.28. The molecule has 1 N–H and O–H groups in total. The second kappa shape index (κ2) is 4.43. The Labute approximate surface area is 82.7 Å². The molecule has 0 saturated heterocycles. The lowest BCUT2D eigenvalue weighted by Gasteiger charge is -2.43. The molecule has 1 unspecified atom stereocenters. The molecule has 0 bridgehead atoms. The normalized spacial score (nSPS) is 23.8. The predicted octanol–water partition coefficient (Wildman–Crippen LogP) is 1.86. The number of hydrogen-bond donors (Lipinski definition) is 1. The summed E-state index contributed by atoms with van der Waals surface area (Å²) >= 11 is 0. The van der Waals surface area contributed by atoms with Crippen LogP contribution >= 0.6 is 0 Å². The van der Waals surface area contributed by atoms with Crippen LogP contribution in [0.25, 0.3) is 0 Å². The molecule has 1 atom stereocenters. The Balaban J connectivity index is 2.76. The first-order valence-electron chi connectivity index (χ1n) is 5.52. The monoisotopic (exact) mass is 184 g/mol. The van der Waals surface area contributed by atoms with Crippen molar-refractivity contribution < 1.29 is 0 Å². The lowest BCUT2D eigenvalue weighted by atomic mass is 9.85. The number of hydrogen-bond acceptors (Lipinski definition) is 2. The van der Waals surface area contributed by atoms with E-state index >= 15 is 0 Å². The van der Waals surface area contributed by atoms with Gasteiger partial charge in [0.15, 0.2) is 0 Å². The van der Waals surface area contributed by atoms with E-state index < -0.39 is 0 Å². The Kier molecular flexibility index (Phi) is 3.74. The summed E-state index contributed by atoms with van der Waals surface area (Å²) in [6.07, 6.45) is 6.75. The molecule has 0 aromatic heterocycles. The maximum absolute atomic E-state index is 3.47. The minimum Gasteiger partial charge on any atom is -0.315 e. The first-order valence-corrected chi connectivity index (χ1v) is 5.52. The van der Waals surface area contributed by atoms with Crippen LogP contribution in [0.15, 0.2) is 0 Å². The molecule has 0 radical (unpaired) electrons. The number of nitrogens with zero attached hydrogens (tertiary/aromatic N) is 1. The molecule has 0 amide bonds. The third-order valence-corrected chi connectivity index (χ3v) is 3.77. The van der Waals surface area contributed by atoms with Crippen LogP contribution in [-0.2, 0) is 0 Å². The molecule has 2 heteroatoms. The predicted molar refractivity (Wildman–Crippen MR) is 58.0 cm³/mol. The zero-order valence-corrected chi connectivity index (χ0v) is 9.56. The molecule has 1 saturated carbocycles. The van der Waals surface area contributed by atoms with Gasteiger partial charge in [0.1, 0.15) is 0 Å². The Bertz CT molecular complexity index is 144. The summed E-state index contributed by atoms with van der Waals surface area (Å²) in [4.78, 5) is 2.44. The van der Waals surface area contributed by atoms with E-state index in [9.17, 15) is 0 Å². The van der Waals surface area contributed by atoms with Gasteiger partial charge in [0, 0.05) is 11.6 Å². The van der Waals surface area contributed by atoms with Crippen molar-refractivity contribution in [2.45, 2.75) is 50.6 Å². The average Bonchev–Trinajstić information content (AvgIpc) is 2.56. The number of nitrogens with one attached hydrogen (secondary N) is 1. The first-order chi connectivity index (χ1) is 6.17. The molecule has 1 fully saturated rings. The summed E-state index contributed by atoms with van der Waals surface area (Å²) in [5.41, 5.74) is 0.434. The van der Waals surface area contributed by atoms with Crippen LogP contribution in [0.3, 0.4) is 0 Å². The van der Waals surface area contributed by atoms with Crippen LogP contribution in [0.2, 0.25) is 0 Å². The van der Waals surface area contributed by atoms with E-state index in [1.807, 2.05) is 0 Å². The fourth-order valence-electron chi connectivity index (χ4n) is 2.95. The van der Waals surface area contributed by atoms with E-state index in [4.69, 9.17) is 0 Å². The molecule has 78 valence electrons. The van der Waals surface area contributed by atoms with Gasteiger partial charge in [0.2, 0.25) is 0 Å². The van der Waals surface area contributed by atoms with Gasteiger partial charge in [-0.3, -0.25) is 0 Å². The highest BCUT2D eigenvalue weighted by molar-refractivity contribution is 5.00. The summed E-state index contributed by atoms with van der Waals surface area (Å²) in [5.74, 6) is 0. The zero-order chi connectivity index (χ0) is 9.90. The molecule has 0 aromatic carbocycles. The fourth-order valence-corrected chi connectivity index (χ4v) is 2.95. The SMILES string of the molecule is CCC(NC)C1(N(C)C)CCCC1. The zero-order valence-electron chi connectivity index (χ0n) is 9.56. The van der Waals surface area contributed by atoms with Gasteiger partial charge in [0.25, 0.3) is 0 Å². The Morgan fingerprint density at radius 3 is 2.15 bits per heavy atom. The highest BCUT2D eigenvalue weighted by atomic mass is 15.2. The van der Waals surface area contributed by atoms with Crippen LogP contribution in [0, 0.1) is 0 Å². The molecule has 1 aliphatic rings. The third-order valence-electron chi connectivity index (χ3n) is 3.77. The van der Waals surface area contributed by atoms with Crippen LogP contribution in [0.4, 0.5) is 0 Å². The summed E-state index contributed by atoms with van der Waals surface area (Å²) < 4.78 is 0. The van der Waals surface area contributed by atoms with Crippen molar-refractivity contribution in [3.8, 4) is 0 Å². The number of rotatable bonds is 4. The second-order valence-corrected chi connectivity index (χ2v) is 4.45. The van der Waals surface area contributed by atoms with Crippen LogP contribution in [-0.4, -0.2) is 37.6 Å². The van der Waals surface area contributed by atoms with Crippen LogP contribution in [0.1, 0.15) is 39.0 Å². The third kappa shape index (κ3) is 1.89. The fraction of sp³-hybridized carbons (Fsp3) is 1.00. The molecule has 0 aliphatic heterocycles. The van der Waals surface area contributed by atoms with Crippen molar-refractivity contribution in [1.82, 2.24) is 10.2 Å². The minimum absolute atomic E-state index is 0.434.